The van der Waals surface area contributed by atoms with Crippen LogP contribution in [-0.4, -0.2) is 71.3 Å². The third kappa shape index (κ3) is 10.8. The molecule has 0 unspecified atom stereocenters. The number of rotatable bonds is 8. The van der Waals surface area contributed by atoms with Crippen LogP contribution in [0.2, 0.25) is 0 Å². The minimum absolute atomic E-state index is 0.0213. The molecule has 0 heterocycles. The quantitative estimate of drug-likeness (QED) is 0.125. The molecule has 0 fully saturated rings. The fourth-order valence-corrected chi connectivity index (χ4v) is 7.59. The lowest BCUT2D eigenvalue weighted by atomic mass is 9.90. The van der Waals surface area contributed by atoms with E-state index in [9.17, 15) is 59.6 Å². The molecule has 0 aliphatic heterocycles. The van der Waals surface area contributed by atoms with Gasteiger partial charge >= 0.3 is 22.7 Å². The van der Waals surface area contributed by atoms with Crippen LogP contribution in [0, 0.1) is 40.5 Å². The van der Waals surface area contributed by atoms with Gasteiger partial charge in [-0.15, -0.1) is 0 Å². The van der Waals surface area contributed by atoms with Gasteiger partial charge in [-0.3, -0.25) is 59.6 Å². The molecule has 4 aliphatic carbocycles. The maximum atomic E-state index is 11.6. The third-order valence-corrected chi connectivity index (χ3v) is 10.8. The summed E-state index contributed by atoms with van der Waals surface area (Å²) in [6, 6.07) is 12.1. The molecule has 63 heavy (non-hydrogen) atoms. The molecule has 330 valence electrons. The number of aryl methyl sites for hydroxylation is 4. The van der Waals surface area contributed by atoms with Gasteiger partial charge < -0.3 is 18.9 Å². The SMILES string of the molecule is COc1cc2c(cc1[N+](=O)[O-])C(=O)CCC2.COc1cc2c(cc1[N+](=O)[O-])CC(=O)CC2.COc1cc2c(cc1[N+](=O)[O-])CCC(=O)C2.COc1cc2c(cc1[N+](=O)[O-])CCC2=O. The van der Waals surface area contributed by atoms with Gasteiger partial charge in [0.2, 0.25) is 0 Å². The molecule has 0 saturated heterocycles. The molecule has 8 rings (SSSR count). The number of Topliss-reactive ketones (excluding diaryl/α,β-unsaturated/α-hetero) is 4. The minimum Gasteiger partial charge on any atom is -0.490 e. The highest BCUT2D eigenvalue weighted by Gasteiger charge is 2.28. The Labute approximate surface area is 358 Å². The number of carbonyl (C=O) groups is 4. The Morgan fingerprint density at radius 1 is 0.381 bits per heavy atom. The van der Waals surface area contributed by atoms with Crippen LogP contribution in [0.3, 0.4) is 0 Å². The van der Waals surface area contributed by atoms with Gasteiger partial charge in [0.1, 0.15) is 11.6 Å². The standard InChI is InChI=1S/3C11H11NO4.C10H9NO4/c1-16-11-6-7-2-3-9(13)4-8(7)5-10(11)12(14)15;1-16-11-6-8-4-9(13)3-2-7(8)5-10(11)12(14)15;1-16-11-5-7-3-2-4-10(13)8(7)6-9(11)12(14)15;1-15-10-5-7-6(2-3-9(7)12)4-8(10)11(13)14/h3*5-6H,2-4H2,1H3;4-5H,2-3H2,1H3. The molecule has 20 heteroatoms. The van der Waals surface area contributed by atoms with E-state index in [4.69, 9.17) is 18.9 Å². The summed E-state index contributed by atoms with van der Waals surface area (Å²) in [5.41, 5.74) is 5.74. The van der Waals surface area contributed by atoms with E-state index in [1.165, 1.54) is 58.8 Å². The van der Waals surface area contributed by atoms with Crippen molar-refractivity contribution in [3.8, 4) is 23.0 Å². The van der Waals surface area contributed by atoms with E-state index < -0.39 is 19.7 Å². The smallest absolute Gasteiger partial charge is 0.311 e. The average molecular weight is 871 g/mol. The van der Waals surface area contributed by atoms with Crippen molar-refractivity contribution in [1.82, 2.24) is 0 Å². The second-order valence-corrected chi connectivity index (χ2v) is 14.6. The van der Waals surface area contributed by atoms with Gasteiger partial charge in [0.05, 0.1) is 48.1 Å². The van der Waals surface area contributed by atoms with Crippen LogP contribution < -0.4 is 18.9 Å². The largest absolute Gasteiger partial charge is 0.490 e. The molecule has 0 spiro atoms. The normalized spacial score (nSPS) is 14.3. The predicted octanol–water partition coefficient (Wildman–Crippen LogP) is 7.18. The highest BCUT2D eigenvalue weighted by Crippen LogP contribution is 2.37. The van der Waals surface area contributed by atoms with E-state index >= 15 is 0 Å². The number of fused-ring (bicyclic) bond motifs is 4. The highest BCUT2D eigenvalue weighted by molar-refractivity contribution is 6.01. The lowest BCUT2D eigenvalue weighted by Gasteiger charge is -2.15. The fourth-order valence-electron chi connectivity index (χ4n) is 7.59. The monoisotopic (exact) mass is 870 g/mol. The summed E-state index contributed by atoms with van der Waals surface area (Å²) in [5, 5.41) is 43.1. The predicted molar refractivity (Wildman–Crippen MR) is 223 cm³/mol. The van der Waals surface area contributed by atoms with Crippen molar-refractivity contribution in [1.29, 1.82) is 0 Å². The Kier molecular flexibility index (Phi) is 14.9. The number of ether oxygens (including phenoxy) is 4. The van der Waals surface area contributed by atoms with Crippen molar-refractivity contribution in [2.45, 2.75) is 70.6 Å². The summed E-state index contributed by atoms with van der Waals surface area (Å²) < 4.78 is 19.8. The summed E-state index contributed by atoms with van der Waals surface area (Å²) in [6.45, 7) is 0. The van der Waals surface area contributed by atoms with Crippen molar-refractivity contribution >= 4 is 45.9 Å². The summed E-state index contributed by atoms with van der Waals surface area (Å²) in [4.78, 5) is 86.6. The molecule has 4 aromatic rings. The summed E-state index contributed by atoms with van der Waals surface area (Å²) in [5.74, 6) is 1.16. The van der Waals surface area contributed by atoms with E-state index in [1.54, 1.807) is 18.2 Å². The first-order valence-electron chi connectivity index (χ1n) is 19.5. The Morgan fingerprint density at radius 3 is 1.21 bits per heavy atom. The molecule has 0 radical (unpaired) electrons. The van der Waals surface area contributed by atoms with Crippen molar-refractivity contribution in [3.05, 3.63) is 133 Å². The van der Waals surface area contributed by atoms with Gasteiger partial charge in [0.25, 0.3) is 0 Å². The van der Waals surface area contributed by atoms with E-state index in [0.717, 1.165) is 46.2 Å². The van der Waals surface area contributed by atoms with Crippen molar-refractivity contribution in [2.24, 2.45) is 0 Å². The van der Waals surface area contributed by atoms with Gasteiger partial charge in [-0.25, -0.2) is 0 Å². The molecule has 0 saturated carbocycles. The molecular weight excluding hydrogens is 828 g/mol. The van der Waals surface area contributed by atoms with Crippen LogP contribution in [0.5, 0.6) is 23.0 Å². The average Bonchev–Trinajstić information content (AvgIpc) is 3.63. The highest BCUT2D eigenvalue weighted by atomic mass is 16.6. The number of benzene rings is 4. The van der Waals surface area contributed by atoms with Crippen LogP contribution in [0.25, 0.3) is 0 Å². The second-order valence-electron chi connectivity index (χ2n) is 14.6. The topological polar surface area (TPSA) is 278 Å². The minimum atomic E-state index is -0.527. The number of hydrogen-bond acceptors (Lipinski definition) is 16. The lowest BCUT2D eigenvalue weighted by Crippen LogP contribution is -2.13. The van der Waals surface area contributed by atoms with Crippen LogP contribution in [0.4, 0.5) is 22.7 Å². The van der Waals surface area contributed by atoms with E-state index in [0.29, 0.717) is 68.9 Å². The summed E-state index contributed by atoms with van der Waals surface area (Å²) in [7, 11) is 5.54. The first-order chi connectivity index (χ1) is 30.0. The molecule has 20 nitrogen and oxygen atoms in total. The lowest BCUT2D eigenvalue weighted by molar-refractivity contribution is -0.386. The number of nitro benzene ring substituents is 4. The number of ketones is 4. The molecule has 4 aliphatic rings. The molecule has 4 aromatic carbocycles. The zero-order chi connectivity index (χ0) is 46.1. The Balaban J connectivity index is 0.000000158. The molecule has 0 amide bonds. The van der Waals surface area contributed by atoms with Crippen LogP contribution in [0.1, 0.15) is 86.2 Å². The van der Waals surface area contributed by atoms with Crippen molar-refractivity contribution in [2.75, 3.05) is 28.4 Å². The first-order valence-corrected chi connectivity index (χ1v) is 19.5. The van der Waals surface area contributed by atoms with Gasteiger partial charge in [0.15, 0.2) is 34.6 Å². The van der Waals surface area contributed by atoms with Crippen molar-refractivity contribution < 1.29 is 57.8 Å². The van der Waals surface area contributed by atoms with Crippen molar-refractivity contribution in [3.63, 3.8) is 0 Å². The van der Waals surface area contributed by atoms with E-state index in [2.05, 4.69) is 0 Å². The van der Waals surface area contributed by atoms with E-state index in [-0.39, 0.29) is 68.9 Å². The first kappa shape index (κ1) is 46.4. The van der Waals surface area contributed by atoms with Crippen LogP contribution >= 0.6 is 0 Å². The molecule has 0 N–H and O–H groups in total. The number of methoxy groups -OCH3 is 4. The van der Waals surface area contributed by atoms with Gasteiger partial charge in [-0.1, -0.05) is 0 Å². The number of nitro groups is 4. The molecular formula is C43H42N4O16. The maximum Gasteiger partial charge on any atom is 0.311 e. The fraction of sp³-hybridized carbons (Fsp3) is 0.349. The molecule has 0 atom stereocenters. The Morgan fingerprint density at radius 2 is 0.714 bits per heavy atom. The van der Waals surface area contributed by atoms with Gasteiger partial charge in [-0.05, 0) is 89.8 Å². The molecule has 0 aromatic heterocycles. The van der Waals surface area contributed by atoms with Gasteiger partial charge in [0, 0.05) is 73.9 Å². The zero-order valence-electron chi connectivity index (χ0n) is 34.7. The Bertz CT molecular complexity index is 2540. The maximum absolute atomic E-state index is 11.6. The second kappa shape index (κ2) is 20.3. The number of nitrogens with zero attached hydrogens (tertiary/aromatic N) is 4. The third-order valence-electron chi connectivity index (χ3n) is 10.8. The van der Waals surface area contributed by atoms with Crippen LogP contribution in [0.15, 0.2) is 48.5 Å². The van der Waals surface area contributed by atoms with E-state index in [1.807, 2.05) is 0 Å². The molecule has 0 bridgehead atoms. The zero-order valence-corrected chi connectivity index (χ0v) is 34.7. The Hall–Kier alpha value is -7.64. The van der Waals surface area contributed by atoms with Gasteiger partial charge in [-0.2, -0.15) is 0 Å². The number of hydrogen-bond donors (Lipinski definition) is 0. The summed E-state index contributed by atoms with van der Waals surface area (Å²) in [6.07, 6.45) is 5.90. The summed E-state index contributed by atoms with van der Waals surface area (Å²) >= 11 is 0. The van der Waals surface area contributed by atoms with Crippen LogP contribution in [-0.2, 0) is 48.1 Å². The number of carbonyl (C=O) groups excluding carboxylic acids is 4.